The van der Waals surface area contributed by atoms with Gasteiger partial charge < -0.3 is 5.73 Å². The smallest absolute Gasteiger partial charge is 0.000744 e. The van der Waals surface area contributed by atoms with Crippen molar-refractivity contribution in [3.63, 3.8) is 0 Å². The molecule has 78 valence electrons. The van der Waals surface area contributed by atoms with E-state index in [4.69, 9.17) is 5.73 Å². The number of nitrogens with two attached hydrogens (primary N) is 1. The molecule has 0 aromatic rings. The molecule has 1 heteroatoms. The Hall–Kier alpha value is -0.460. The van der Waals surface area contributed by atoms with Gasteiger partial charge in [0.05, 0.1) is 0 Å². The topological polar surface area (TPSA) is 26.0 Å². The summed E-state index contributed by atoms with van der Waals surface area (Å²) in [4.78, 5) is 0. The monoisotopic (exact) mass is 183 g/mol. The van der Waals surface area contributed by atoms with E-state index in [2.05, 4.69) is 20.4 Å². The van der Waals surface area contributed by atoms with E-state index < -0.39 is 0 Å². The third kappa shape index (κ3) is 11.5. The Morgan fingerprint density at radius 1 is 1.08 bits per heavy atom. The molecule has 0 amide bonds. The highest BCUT2D eigenvalue weighted by Gasteiger charge is 1.94. The van der Waals surface area contributed by atoms with E-state index in [0.717, 1.165) is 18.0 Å². The van der Waals surface area contributed by atoms with Gasteiger partial charge in [0.1, 0.15) is 0 Å². The Bertz CT molecular complexity index is 127. The van der Waals surface area contributed by atoms with Gasteiger partial charge >= 0.3 is 0 Å². The average Bonchev–Trinajstić information content (AvgIpc) is 2.01. The van der Waals surface area contributed by atoms with Crippen LogP contribution in [0.3, 0.4) is 0 Å². The second-order valence-electron chi connectivity index (χ2n) is 4.36. The van der Waals surface area contributed by atoms with Crippen LogP contribution in [0.25, 0.3) is 0 Å². The van der Waals surface area contributed by atoms with Gasteiger partial charge in [-0.05, 0) is 18.8 Å². The summed E-state index contributed by atoms with van der Waals surface area (Å²) in [6.45, 7) is 8.27. The van der Waals surface area contributed by atoms with Crippen molar-refractivity contribution in [3.8, 4) is 0 Å². The van der Waals surface area contributed by atoms with E-state index >= 15 is 0 Å². The van der Waals surface area contributed by atoms with Crippen molar-refractivity contribution < 1.29 is 0 Å². The van der Waals surface area contributed by atoms with E-state index in [-0.39, 0.29) is 0 Å². The highest BCUT2D eigenvalue weighted by Crippen LogP contribution is 2.11. The third-order valence-corrected chi connectivity index (χ3v) is 2.28. The van der Waals surface area contributed by atoms with E-state index in [9.17, 15) is 0 Å². The van der Waals surface area contributed by atoms with E-state index in [1.54, 1.807) is 0 Å². The first-order chi connectivity index (χ1) is 6.13. The van der Waals surface area contributed by atoms with Gasteiger partial charge in [-0.25, -0.2) is 0 Å². The van der Waals surface area contributed by atoms with Crippen LogP contribution >= 0.6 is 0 Å². The Kier molecular flexibility index (Phi) is 7.86. The standard InChI is InChI=1S/C12H25N/c1-11(2)9-7-5-4-6-8-10-12(3)13/h11H,3-10,13H2,1-2H3. The molecular formula is C12H25N. The quantitative estimate of drug-likeness (QED) is 0.568. The van der Waals surface area contributed by atoms with Crippen LogP contribution in [0.15, 0.2) is 12.3 Å². The van der Waals surface area contributed by atoms with Gasteiger partial charge in [0, 0.05) is 5.70 Å². The average molecular weight is 183 g/mol. The Labute approximate surface area is 83.4 Å². The highest BCUT2D eigenvalue weighted by atomic mass is 14.5. The van der Waals surface area contributed by atoms with Crippen LogP contribution in [0.5, 0.6) is 0 Å². The minimum Gasteiger partial charge on any atom is -0.403 e. The largest absolute Gasteiger partial charge is 0.403 e. The fourth-order valence-corrected chi connectivity index (χ4v) is 1.43. The zero-order valence-electron chi connectivity index (χ0n) is 9.31. The summed E-state index contributed by atoms with van der Waals surface area (Å²) in [6.07, 6.45) is 9.05. The molecule has 0 atom stereocenters. The maximum atomic E-state index is 5.48. The second-order valence-corrected chi connectivity index (χ2v) is 4.36. The molecule has 0 aliphatic rings. The van der Waals surface area contributed by atoms with E-state index in [0.29, 0.717) is 0 Å². The van der Waals surface area contributed by atoms with Crippen LogP contribution in [0, 0.1) is 5.92 Å². The van der Waals surface area contributed by atoms with Crippen LogP contribution in [0.4, 0.5) is 0 Å². The summed E-state index contributed by atoms with van der Waals surface area (Å²) in [5.41, 5.74) is 6.31. The molecule has 0 aliphatic carbocycles. The maximum Gasteiger partial charge on any atom is 0.000744 e. The zero-order chi connectivity index (χ0) is 10.1. The lowest BCUT2D eigenvalue weighted by Crippen LogP contribution is -1.94. The summed E-state index contributed by atoms with van der Waals surface area (Å²) < 4.78 is 0. The molecule has 0 saturated heterocycles. The van der Waals surface area contributed by atoms with Crippen molar-refractivity contribution in [1.82, 2.24) is 0 Å². The van der Waals surface area contributed by atoms with Crippen LogP contribution in [-0.2, 0) is 0 Å². The minimum atomic E-state index is 0.835. The molecule has 2 N–H and O–H groups in total. The number of hydrogen-bond donors (Lipinski definition) is 1. The van der Waals surface area contributed by atoms with Gasteiger partial charge in [-0.2, -0.15) is 0 Å². The van der Waals surface area contributed by atoms with Gasteiger partial charge in [-0.15, -0.1) is 0 Å². The second kappa shape index (κ2) is 8.15. The summed E-state index contributed by atoms with van der Waals surface area (Å²) in [5.74, 6) is 0.865. The SMILES string of the molecule is C=C(N)CCCCCCCC(C)C. The fourth-order valence-electron chi connectivity index (χ4n) is 1.43. The molecule has 0 unspecified atom stereocenters. The highest BCUT2D eigenvalue weighted by molar-refractivity contribution is 4.84. The van der Waals surface area contributed by atoms with Crippen LogP contribution in [0.2, 0.25) is 0 Å². The van der Waals surface area contributed by atoms with Crippen molar-refractivity contribution in [1.29, 1.82) is 0 Å². The van der Waals surface area contributed by atoms with Crippen molar-refractivity contribution in [2.24, 2.45) is 11.7 Å². The summed E-state index contributed by atoms with van der Waals surface area (Å²) in [6, 6.07) is 0. The molecule has 1 nitrogen and oxygen atoms in total. The molecule has 0 radical (unpaired) electrons. The first kappa shape index (κ1) is 12.5. The van der Waals surface area contributed by atoms with Crippen LogP contribution in [0.1, 0.15) is 58.8 Å². The third-order valence-electron chi connectivity index (χ3n) is 2.28. The van der Waals surface area contributed by atoms with Crippen molar-refractivity contribution >= 4 is 0 Å². The summed E-state index contributed by atoms with van der Waals surface area (Å²) in [5, 5.41) is 0. The first-order valence-corrected chi connectivity index (χ1v) is 5.56. The normalized spacial score (nSPS) is 10.7. The molecule has 0 aliphatic heterocycles. The Balaban J connectivity index is 2.96. The lowest BCUT2D eigenvalue weighted by Gasteiger charge is -2.04. The fraction of sp³-hybridized carbons (Fsp3) is 0.833. The van der Waals surface area contributed by atoms with E-state index in [1.165, 1.54) is 38.5 Å². The molecule has 13 heavy (non-hydrogen) atoms. The van der Waals surface area contributed by atoms with Gasteiger partial charge in [0.25, 0.3) is 0 Å². The van der Waals surface area contributed by atoms with Crippen LogP contribution in [-0.4, -0.2) is 0 Å². The predicted octanol–water partition coefficient (Wildman–Crippen LogP) is 3.85. The first-order valence-electron chi connectivity index (χ1n) is 5.56. The zero-order valence-corrected chi connectivity index (χ0v) is 9.31. The molecule has 0 aromatic heterocycles. The number of rotatable bonds is 8. The molecule has 0 aromatic carbocycles. The van der Waals surface area contributed by atoms with Gasteiger partial charge in [-0.1, -0.05) is 52.5 Å². The summed E-state index contributed by atoms with van der Waals surface area (Å²) in [7, 11) is 0. The molecule has 0 spiro atoms. The molecule has 0 rings (SSSR count). The van der Waals surface area contributed by atoms with Gasteiger partial charge in [0.15, 0.2) is 0 Å². The van der Waals surface area contributed by atoms with Crippen molar-refractivity contribution in [3.05, 3.63) is 12.3 Å². The Morgan fingerprint density at radius 3 is 2.15 bits per heavy atom. The predicted molar refractivity (Wildman–Crippen MR) is 60.5 cm³/mol. The number of allylic oxidation sites excluding steroid dienone is 1. The van der Waals surface area contributed by atoms with E-state index in [1.807, 2.05) is 0 Å². The summed E-state index contributed by atoms with van der Waals surface area (Å²) >= 11 is 0. The Morgan fingerprint density at radius 2 is 1.62 bits per heavy atom. The number of unbranched alkanes of at least 4 members (excludes halogenated alkanes) is 4. The van der Waals surface area contributed by atoms with Gasteiger partial charge in [0.2, 0.25) is 0 Å². The maximum absolute atomic E-state index is 5.48. The molecular weight excluding hydrogens is 158 g/mol. The molecule has 0 bridgehead atoms. The lowest BCUT2D eigenvalue weighted by molar-refractivity contribution is 0.515. The van der Waals surface area contributed by atoms with Gasteiger partial charge in [-0.3, -0.25) is 0 Å². The molecule has 0 heterocycles. The lowest BCUT2D eigenvalue weighted by atomic mass is 10.0. The number of hydrogen-bond acceptors (Lipinski definition) is 1. The van der Waals surface area contributed by atoms with Crippen LogP contribution < -0.4 is 5.73 Å². The molecule has 0 saturated carbocycles. The van der Waals surface area contributed by atoms with Crippen molar-refractivity contribution in [2.45, 2.75) is 58.8 Å². The minimum absolute atomic E-state index is 0.835. The molecule has 0 fully saturated rings. The van der Waals surface area contributed by atoms with Crippen molar-refractivity contribution in [2.75, 3.05) is 0 Å².